The molecule has 0 saturated heterocycles. The molecule has 0 unspecified atom stereocenters. The number of hydrogen-bond donors (Lipinski definition) is 1. The van der Waals surface area contributed by atoms with Crippen molar-refractivity contribution in [1.82, 2.24) is 5.32 Å². The molecule has 0 spiro atoms. The van der Waals surface area contributed by atoms with E-state index in [1.807, 2.05) is 54.6 Å². The van der Waals surface area contributed by atoms with Crippen LogP contribution in [0.4, 0.5) is 10.5 Å². The van der Waals surface area contributed by atoms with Gasteiger partial charge in [-0.2, -0.15) is 0 Å². The molecule has 2 aromatic rings. The number of carbonyl (C=O) groups excluding carboxylic acids is 2. The Balaban J connectivity index is 1.73. The van der Waals surface area contributed by atoms with Gasteiger partial charge in [-0.25, -0.2) is 9.59 Å². The Morgan fingerprint density at radius 1 is 1.12 bits per heavy atom. The fraction of sp³-hybridized carbons (Fsp3) is 0.263. The molecule has 124 valence electrons. The van der Waals surface area contributed by atoms with Crippen LogP contribution in [0.1, 0.15) is 11.1 Å². The Kier molecular flexibility index (Phi) is 4.79. The minimum absolute atomic E-state index is 0.272. The largest absolute Gasteiger partial charge is 0.467 e. The van der Waals surface area contributed by atoms with Crippen molar-refractivity contribution in [3.05, 3.63) is 65.7 Å². The zero-order valence-corrected chi connectivity index (χ0v) is 13.6. The van der Waals surface area contributed by atoms with Crippen molar-refractivity contribution < 1.29 is 14.3 Å². The minimum Gasteiger partial charge on any atom is -0.467 e. The average Bonchev–Trinajstić information content (AvgIpc) is 3.05. The van der Waals surface area contributed by atoms with Crippen LogP contribution in [0.3, 0.4) is 0 Å². The van der Waals surface area contributed by atoms with Crippen molar-refractivity contribution >= 4 is 17.7 Å². The van der Waals surface area contributed by atoms with Gasteiger partial charge >= 0.3 is 12.0 Å². The number of esters is 1. The zero-order valence-electron chi connectivity index (χ0n) is 13.6. The van der Waals surface area contributed by atoms with Crippen LogP contribution in [0.25, 0.3) is 0 Å². The second kappa shape index (κ2) is 7.17. The van der Waals surface area contributed by atoms with Crippen molar-refractivity contribution in [1.29, 1.82) is 0 Å². The van der Waals surface area contributed by atoms with Gasteiger partial charge < -0.3 is 10.1 Å². The molecular weight excluding hydrogens is 304 g/mol. The minimum atomic E-state index is -0.710. The number of amides is 2. The van der Waals surface area contributed by atoms with E-state index < -0.39 is 12.0 Å². The lowest BCUT2D eigenvalue weighted by Gasteiger charge is -2.22. The van der Waals surface area contributed by atoms with E-state index in [1.54, 1.807) is 4.90 Å². The van der Waals surface area contributed by atoms with Crippen LogP contribution < -0.4 is 10.2 Å². The predicted molar refractivity (Wildman–Crippen MR) is 92.0 cm³/mol. The Labute approximate surface area is 141 Å². The normalized spacial score (nSPS) is 14.0. The number of rotatable bonds is 4. The molecule has 1 atom stereocenters. The summed E-state index contributed by atoms with van der Waals surface area (Å²) in [7, 11) is 1.33. The molecule has 1 heterocycles. The second-order valence-electron chi connectivity index (χ2n) is 5.75. The molecule has 0 radical (unpaired) electrons. The Hall–Kier alpha value is -2.82. The van der Waals surface area contributed by atoms with Crippen LogP contribution in [-0.2, 0) is 22.4 Å². The number of fused-ring (bicyclic) bond motifs is 1. The van der Waals surface area contributed by atoms with Crippen LogP contribution in [-0.4, -0.2) is 31.7 Å². The zero-order chi connectivity index (χ0) is 16.9. The molecule has 0 fully saturated rings. The van der Waals surface area contributed by atoms with Crippen LogP contribution in [0.5, 0.6) is 0 Å². The quantitative estimate of drug-likeness (QED) is 0.879. The summed E-state index contributed by atoms with van der Waals surface area (Å²) in [4.78, 5) is 26.4. The topological polar surface area (TPSA) is 58.6 Å². The summed E-state index contributed by atoms with van der Waals surface area (Å²) in [6, 6.07) is 16.4. The van der Waals surface area contributed by atoms with Gasteiger partial charge in [-0.1, -0.05) is 48.5 Å². The van der Waals surface area contributed by atoms with Crippen molar-refractivity contribution in [2.75, 3.05) is 18.6 Å². The Morgan fingerprint density at radius 3 is 2.58 bits per heavy atom. The standard InChI is InChI=1S/C19H20N2O3/c1-24-18(22)16(13-14-7-3-2-4-8-14)20-19(23)21-12-11-15-9-5-6-10-17(15)21/h2-10,16H,11-13H2,1H3,(H,20,23)/t16-/m0/s1. The molecule has 5 heteroatoms. The van der Waals surface area contributed by atoms with E-state index in [-0.39, 0.29) is 6.03 Å². The summed E-state index contributed by atoms with van der Waals surface area (Å²) in [5.74, 6) is -0.445. The highest BCUT2D eigenvalue weighted by molar-refractivity contribution is 5.96. The highest BCUT2D eigenvalue weighted by atomic mass is 16.5. The van der Waals surface area contributed by atoms with Crippen molar-refractivity contribution in [2.45, 2.75) is 18.9 Å². The Morgan fingerprint density at radius 2 is 1.83 bits per heavy atom. The van der Waals surface area contributed by atoms with Crippen molar-refractivity contribution in [3.63, 3.8) is 0 Å². The number of benzene rings is 2. The predicted octanol–water partition coefficient (Wildman–Crippen LogP) is 2.54. The average molecular weight is 324 g/mol. The molecule has 5 nitrogen and oxygen atoms in total. The molecule has 3 rings (SSSR count). The number of anilines is 1. The summed E-state index contributed by atoms with van der Waals surface area (Å²) < 4.78 is 4.85. The Bertz CT molecular complexity index is 730. The van der Waals surface area contributed by atoms with Gasteiger partial charge in [0.2, 0.25) is 0 Å². The summed E-state index contributed by atoms with van der Waals surface area (Å²) in [6.45, 7) is 0.615. The molecular formula is C19H20N2O3. The third kappa shape index (κ3) is 3.40. The number of ether oxygens (including phenoxy) is 1. The third-order valence-electron chi connectivity index (χ3n) is 4.20. The number of hydrogen-bond acceptors (Lipinski definition) is 3. The van der Waals surface area contributed by atoms with Gasteiger partial charge in [-0.3, -0.25) is 4.90 Å². The number of nitrogens with one attached hydrogen (secondary N) is 1. The molecule has 0 bridgehead atoms. The molecule has 0 aliphatic carbocycles. The summed E-state index contributed by atoms with van der Waals surface area (Å²) in [5, 5.41) is 2.81. The van der Waals surface area contributed by atoms with E-state index in [1.165, 1.54) is 7.11 Å². The van der Waals surface area contributed by atoms with Gasteiger partial charge in [-0.15, -0.1) is 0 Å². The first-order valence-corrected chi connectivity index (χ1v) is 7.96. The van der Waals surface area contributed by atoms with Crippen LogP contribution in [0, 0.1) is 0 Å². The highest BCUT2D eigenvalue weighted by Gasteiger charge is 2.28. The number of carbonyl (C=O) groups is 2. The maximum Gasteiger partial charge on any atom is 0.328 e. The first kappa shape index (κ1) is 16.1. The second-order valence-corrected chi connectivity index (χ2v) is 5.75. The van der Waals surface area contributed by atoms with Crippen LogP contribution in [0.2, 0.25) is 0 Å². The number of para-hydroxylation sites is 1. The number of urea groups is 1. The van der Waals surface area contributed by atoms with Gasteiger partial charge in [-0.05, 0) is 23.6 Å². The molecule has 0 aromatic heterocycles. The maximum absolute atomic E-state index is 12.6. The first-order valence-electron chi connectivity index (χ1n) is 7.96. The molecule has 1 aliphatic rings. The van der Waals surface area contributed by atoms with E-state index in [0.29, 0.717) is 13.0 Å². The fourth-order valence-corrected chi connectivity index (χ4v) is 2.96. The SMILES string of the molecule is COC(=O)[C@H](Cc1ccccc1)NC(=O)N1CCc2ccccc21. The summed E-state index contributed by atoms with van der Waals surface area (Å²) in [5.41, 5.74) is 3.01. The monoisotopic (exact) mass is 324 g/mol. The van der Waals surface area contributed by atoms with Gasteiger partial charge in [0.25, 0.3) is 0 Å². The van der Waals surface area contributed by atoms with Gasteiger partial charge in [0, 0.05) is 18.7 Å². The van der Waals surface area contributed by atoms with E-state index in [9.17, 15) is 9.59 Å². The number of nitrogens with zero attached hydrogens (tertiary/aromatic N) is 1. The lowest BCUT2D eigenvalue weighted by Crippen LogP contribution is -2.49. The van der Waals surface area contributed by atoms with Gasteiger partial charge in [0.05, 0.1) is 7.11 Å². The van der Waals surface area contributed by atoms with E-state index in [0.717, 1.165) is 23.2 Å². The van der Waals surface area contributed by atoms with E-state index in [2.05, 4.69) is 5.32 Å². The fourth-order valence-electron chi connectivity index (χ4n) is 2.96. The lowest BCUT2D eigenvalue weighted by molar-refractivity contribution is -0.142. The first-order chi connectivity index (χ1) is 11.7. The van der Waals surface area contributed by atoms with Crippen LogP contribution in [0.15, 0.2) is 54.6 Å². The summed E-state index contributed by atoms with van der Waals surface area (Å²) >= 11 is 0. The third-order valence-corrected chi connectivity index (χ3v) is 4.20. The van der Waals surface area contributed by atoms with Gasteiger partial charge in [0.15, 0.2) is 0 Å². The smallest absolute Gasteiger partial charge is 0.328 e. The number of methoxy groups -OCH3 is 1. The van der Waals surface area contributed by atoms with Gasteiger partial charge in [0.1, 0.15) is 6.04 Å². The highest BCUT2D eigenvalue weighted by Crippen LogP contribution is 2.27. The lowest BCUT2D eigenvalue weighted by atomic mass is 10.1. The van der Waals surface area contributed by atoms with E-state index in [4.69, 9.17) is 4.74 Å². The molecule has 1 N–H and O–H groups in total. The van der Waals surface area contributed by atoms with Crippen molar-refractivity contribution in [3.8, 4) is 0 Å². The molecule has 0 saturated carbocycles. The molecule has 24 heavy (non-hydrogen) atoms. The molecule has 1 aliphatic heterocycles. The van der Waals surface area contributed by atoms with Crippen molar-refractivity contribution in [2.24, 2.45) is 0 Å². The maximum atomic E-state index is 12.6. The van der Waals surface area contributed by atoms with Crippen LogP contribution >= 0.6 is 0 Å². The molecule has 2 aromatic carbocycles. The summed E-state index contributed by atoms with van der Waals surface area (Å²) in [6.07, 6.45) is 1.22. The molecule has 2 amide bonds. The van der Waals surface area contributed by atoms with E-state index >= 15 is 0 Å².